The van der Waals surface area contributed by atoms with Gasteiger partial charge in [0.25, 0.3) is 8.32 Å². The van der Waals surface area contributed by atoms with E-state index in [1.54, 1.807) is 12.4 Å². The van der Waals surface area contributed by atoms with E-state index in [2.05, 4.69) is 80.9 Å². The molecule has 4 rings (SSSR count). The number of carbonyl (C=O) groups excluding carboxylic acids is 1. The lowest BCUT2D eigenvalue weighted by atomic mass is 10.2. The van der Waals surface area contributed by atoms with E-state index in [-0.39, 0.29) is 11.6 Å². The van der Waals surface area contributed by atoms with E-state index in [1.165, 1.54) is 11.2 Å². The van der Waals surface area contributed by atoms with Crippen molar-refractivity contribution in [2.75, 3.05) is 6.54 Å². The van der Waals surface area contributed by atoms with E-state index in [9.17, 15) is 4.79 Å². The van der Waals surface area contributed by atoms with E-state index < -0.39 is 26.1 Å². The zero-order valence-corrected chi connectivity index (χ0v) is 24.2. The Morgan fingerprint density at radius 2 is 1.61 bits per heavy atom. The number of allylic oxidation sites excluding steroid dienone is 1. The minimum Gasteiger partial charge on any atom is -0.443 e. The molecule has 1 aromatic heterocycles. The minimum atomic E-state index is -2.95. The Bertz CT molecular complexity index is 1250. The zero-order chi connectivity index (χ0) is 27.6. The van der Waals surface area contributed by atoms with Crippen molar-refractivity contribution >= 4 is 36.9 Å². The molecule has 0 saturated heterocycles. The summed E-state index contributed by atoms with van der Waals surface area (Å²) in [6.07, 6.45) is 4.07. The summed E-state index contributed by atoms with van der Waals surface area (Å²) in [5, 5.41) is 2.06. The maximum absolute atomic E-state index is 13.2. The van der Waals surface area contributed by atoms with Crippen molar-refractivity contribution in [3.63, 3.8) is 0 Å². The first-order chi connectivity index (χ1) is 18.0. The van der Waals surface area contributed by atoms with Crippen LogP contribution < -0.4 is 10.4 Å². The van der Waals surface area contributed by atoms with Gasteiger partial charge in [0.05, 0.1) is 12.9 Å². The van der Waals surface area contributed by atoms with Gasteiger partial charge < -0.3 is 13.7 Å². The molecule has 0 unspecified atom stereocenters. The number of benzene rings is 2. The lowest BCUT2D eigenvalue weighted by Crippen LogP contribution is -2.67. The second kappa shape index (κ2) is 10.7. The number of rotatable bonds is 6. The third kappa shape index (κ3) is 5.51. The highest BCUT2D eigenvalue weighted by Crippen LogP contribution is 2.41. The van der Waals surface area contributed by atoms with Crippen molar-refractivity contribution in [3.8, 4) is 0 Å². The fourth-order valence-electron chi connectivity index (χ4n) is 4.91. The molecule has 200 valence electrons. The second-order valence-corrected chi connectivity index (χ2v) is 15.8. The summed E-state index contributed by atoms with van der Waals surface area (Å²) in [4.78, 5) is 24.1. The van der Waals surface area contributed by atoms with Gasteiger partial charge in [0.1, 0.15) is 23.7 Å². The molecule has 7 nitrogen and oxygen atoms in total. The number of hydrogen-bond acceptors (Lipinski definition) is 5. The molecule has 0 bridgehead atoms. The average molecular weight is 531 g/mol. The van der Waals surface area contributed by atoms with Crippen molar-refractivity contribution < 1.29 is 14.0 Å². The molecule has 1 amide bonds. The maximum atomic E-state index is 13.2. The molecule has 1 aliphatic rings. The average Bonchev–Trinajstić information content (AvgIpc) is 3.16. The highest BCUT2D eigenvalue weighted by atomic mass is 28.4. The number of aliphatic imine (C=N–C) groups is 1. The SMILES string of the molecule is C=CCn1cnc2c1N=CN(C(=O)OC(C)(C)C)C[C@H]2O[Si](c1ccccc1)(c1ccccc1)C(C)(C)C. The molecule has 0 N–H and O–H groups in total. The van der Waals surface area contributed by atoms with Gasteiger partial charge in [-0.15, -0.1) is 6.58 Å². The van der Waals surface area contributed by atoms with Crippen LogP contribution in [0.15, 0.2) is 84.6 Å². The van der Waals surface area contributed by atoms with Gasteiger partial charge in [0.2, 0.25) is 0 Å². The number of amides is 1. The van der Waals surface area contributed by atoms with E-state index in [0.717, 1.165) is 10.4 Å². The largest absolute Gasteiger partial charge is 0.443 e. The fraction of sp³-hybridized carbons (Fsp3) is 0.367. The zero-order valence-electron chi connectivity index (χ0n) is 23.2. The summed E-state index contributed by atoms with van der Waals surface area (Å²) in [5.74, 6) is 0.652. The van der Waals surface area contributed by atoms with Crippen molar-refractivity contribution in [3.05, 3.63) is 85.3 Å². The maximum Gasteiger partial charge on any atom is 0.415 e. The Kier molecular flexibility index (Phi) is 7.76. The van der Waals surface area contributed by atoms with Gasteiger partial charge in [0.15, 0.2) is 5.82 Å². The Morgan fingerprint density at radius 3 is 2.11 bits per heavy atom. The Balaban J connectivity index is 1.89. The molecule has 38 heavy (non-hydrogen) atoms. The summed E-state index contributed by atoms with van der Waals surface area (Å²) in [6.45, 7) is 16.9. The van der Waals surface area contributed by atoms with Gasteiger partial charge in [-0.2, -0.15) is 0 Å². The summed E-state index contributed by atoms with van der Waals surface area (Å²) >= 11 is 0. The summed E-state index contributed by atoms with van der Waals surface area (Å²) in [6, 6.07) is 20.9. The van der Waals surface area contributed by atoms with E-state index in [1.807, 2.05) is 37.5 Å². The van der Waals surface area contributed by atoms with Crippen LogP contribution >= 0.6 is 0 Å². The van der Waals surface area contributed by atoms with Crippen LogP contribution in [0.2, 0.25) is 5.04 Å². The highest BCUT2D eigenvalue weighted by Gasteiger charge is 2.52. The van der Waals surface area contributed by atoms with Crippen LogP contribution in [-0.4, -0.2) is 47.3 Å². The van der Waals surface area contributed by atoms with Crippen LogP contribution in [0.5, 0.6) is 0 Å². The van der Waals surface area contributed by atoms with Crippen LogP contribution in [0, 0.1) is 0 Å². The summed E-state index contributed by atoms with van der Waals surface area (Å²) in [7, 11) is -2.95. The first-order valence-corrected chi connectivity index (χ1v) is 14.9. The monoisotopic (exact) mass is 530 g/mol. The van der Waals surface area contributed by atoms with Gasteiger partial charge in [-0.3, -0.25) is 4.90 Å². The number of nitrogens with zero attached hydrogens (tertiary/aromatic N) is 4. The van der Waals surface area contributed by atoms with Gasteiger partial charge >= 0.3 is 6.09 Å². The normalized spacial score (nSPS) is 16.1. The molecule has 0 fully saturated rings. The molecule has 8 heteroatoms. The van der Waals surface area contributed by atoms with E-state index >= 15 is 0 Å². The molecule has 0 aliphatic carbocycles. The molecular weight excluding hydrogens is 492 g/mol. The smallest absolute Gasteiger partial charge is 0.415 e. The number of hydrogen-bond donors (Lipinski definition) is 0. The van der Waals surface area contributed by atoms with Crippen molar-refractivity contribution in [1.29, 1.82) is 0 Å². The molecule has 0 radical (unpaired) electrons. The van der Waals surface area contributed by atoms with E-state index in [4.69, 9.17) is 14.1 Å². The van der Waals surface area contributed by atoms with Gasteiger partial charge in [0, 0.05) is 6.54 Å². The number of aromatic nitrogens is 2. The number of fused-ring (bicyclic) bond motifs is 1. The van der Waals surface area contributed by atoms with Crippen LogP contribution in [0.1, 0.15) is 53.3 Å². The van der Waals surface area contributed by atoms with Gasteiger partial charge in [-0.05, 0) is 36.2 Å². The lowest BCUT2D eigenvalue weighted by Gasteiger charge is -2.45. The minimum absolute atomic E-state index is 0.223. The van der Waals surface area contributed by atoms with Crippen LogP contribution in [-0.2, 0) is 15.7 Å². The predicted molar refractivity (Wildman–Crippen MR) is 155 cm³/mol. The topological polar surface area (TPSA) is 69.0 Å². The predicted octanol–water partition coefficient (Wildman–Crippen LogP) is 5.60. The first-order valence-electron chi connectivity index (χ1n) is 12.9. The fourth-order valence-corrected chi connectivity index (χ4v) is 9.54. The Labute approximate surface area is 227 Å². The van der Waals surface area contributed by atoms with Gasteiger partial charge in [-0.1, -0.05) is 87.5 Å². The molecule has 2 aromatic carbocycles. The van der Waals surface area contributed by atoms with Crippen LogP contribution in [0.4, 0.5) is 10.6 Å². The third-order valence-electron chi connectivity index (χ3n) is 6.51. The van der Waals surface area contributed by atoms with Crippen molar-refractivity contribution in [2.24, 2.45) is 4.99 Å². The molecule has 3 aromatic rings. The second-order valence-electron chi connectivity index (χ2n) is 11.5. The van der Waals surface area contributed by atoms with E-state index in [0.29, 0.717) is 18.1 Å². The molecule has 0 spiro atoms. The number of imidazole rings is 1. The van der Waals surface area contributed by atoms with Crippen molar-refractivity contribution in [1.82, 2.24) is 14.5 Å². The lowest BCUT2D eigenvalue weighted by molar-refractivity contribution is 0.0315. The molecule has 1 aliphatic heterocycles. The molecule has 2 heterocycles. The Morgan fingerprint density at radius 1 is 1.03 bits per heavy atom. The highest BCUT2D eigenvalue weighted by molar-refractivity contribution is 6.99. The van der Waals surface area contributed by atoms with Gasteiger partial charge in [-0.25, -0.2) is 14.8 Å². The Hall–Kier alpha value is -3.49. The third-order valence-corrected chi connectivity index (χ3v) is 11.6. The number of ether oxygens (including phenoxy) is 1. The molecule has 0 saturated carbocycles. The van der Waals surface area contributed by atoms with Crippen LogP contribution in [0.3, 0.4) is 0 Å². The standard InChI is InChI=1S/C30H38N4O3Si/c1-8-19-33-21-31-26-25(20-34(22-32-27(26)33)28(35)36-29(2,3)4)37-38(30(5,6)7,23-15-11-9-12-16-23)24-17-13-10-14-18-24/h8-18,21-22,25H,1,19-20H2,2-7H3/t25-/m1/s1. The molecule has 1 atom stereocenters. The van der Waals surface area contributed by atoms with Crippen molar-refractivity contribution in [2.45, 2.75) is 64.8 Å². The molecular formula is C30H38N4O3Si. The van der Waals surface area contributed by atoms with Crippen LogP contribution in [0.25, 0.3) is 0 Å². The summed E-state index contributed by atoms with van der Waals surface area (Å²) < 4.78 is 15.1. The summed E-state index contributed by atoms with van der Waals surface area (Å²) in [5.41, 5.74) is 0.0523. The first kappa shape index (κ1) is 27.5. The number of carbonyl (C=O) groups is 1. The quantitative estimate of drug-likeness (QED) is 0.307.